The van der Waals surface area contributed by atoms with Gasteiger partial charge in [0.05, 0.1) is 5.69 Å². The average Bonchev–Trinajstić information content (AvgIpc) is 3.62. The van der Waals surface area contributed by atoms with Crippen molar-refractivity contribution in [2.24, 2.45) is 11.8 Å². The maximum atomic E-state index is 5.98. The Morgan fingerprint density at radius 1 is 0.938 bits per heavy atom. The van der Waals surface area contributed by atoms with Gasteiger partial charge in [-0.2, -0.15) is 5.21 Å². The first-order valence-electron chi connectivity index (χ1n) is 11.3. The number of rotatable bonds is 6. The number of ether oxygens (including phenoxy) is 1. The van der Waals surface area contributed by atoms with E-state index in [4.69, 9.17) is 4.74 Å². The fraction of sp³-hybridized carbons (Fsp3) is 0.308. The lowest BCUT2D eigenvalue weighted by atomic mass is 9.64. The van der Waals surface area contributed by atoms with Crippen LogP contribution in [0.3, 0.4) is 0 Å². The van der Waals surface area contributed by atoms with E-state index in [9.17, 15) is 0 Å². The SMILES string of the molecule is c1ccc(COc2ccc(C3(c4ccc(-c5nn[nH]n5)cc4)CC4CCC3C4)cc2)nc1. The molecule has 2 fully saturated rings. The quantitative estimate of drug-likeness (QED) is 0.475. The van der Waals surface area contributed by atoms with Gasteiger partial charge in [-0.1, -0.05) is 48.9 Å². The second-order valence-corrected chi connectivity index (χ2v) is 9.00. The fourth-order valence-corrected chi connectivity index (χ4v) is 5.89. The highest BCUT2D eigenvalue weighted by Crippen LogP contribution is 2.60. The van der Waals surface area contributed by atoms with Crippen LogP contribution in [0.25, 0.3) is 11.4 Å². The summed E-state index contributed by atoms with van der Waals surface area (Å²) in [7, 11) is 0. The minimum atomic E-state index is 0.0677. The van der Waals surface area contributed by atoms with E-state index in [1.165, 1.54) is 36.8 Å². The molecule has 160 valence electrons. The molecule has 2 aliphatic carbocycles. The molecule has 2 heterocycles. The highest BCUT2D eigenvalue weighted by molar-refractivity contribution is 5.56. The lowest BCUT2D eigenvalue weighted by molar-refractivity contribution is 0.299. The van der Waals surface area contributed by atoms with Gasteiger partial charge in [-0.15, -0.1) is 10.2 Å². The molecule has 2 aromatic heterocycles. The van der Waals surface area contributed by atoms with Crippen molar-refractivity contribution in [1.82, 2.24) is 25.6 Å². The first kappa shape index (κ1) is 19.2. The third-order valence-electron chi connectivity index (χ3n) is 7.33. The number of fused-ring (bicyclic) bond motifs is 2. The summed E-state index contributed by atoms with van der Waals surface area (Å²) in [6, 6.07) is 23.4. The van der Waals surface area contributed by atoms with Gasteiger partial charge in [-0.25, -0.2) is 0 Å². The molecule has 32 heavy (non-hydrogen) atoms. The van der Waals surface area contributed by atoms with Crippen molar-refractivity contribution in [1.29, 1.82) is 0 Å². The highest BCUT2D eigenvalue weighted by atomic mass is 16.5. The van der Waals surface area contributed by atoms with E-state index >= 15 is 0 Å². The maximum absolute atomic E-state index is 5.98. The number of H-pyrrole nitrogens is 1. The van der Waals surface area contributed by atoms with Gasteiger partial charge in [-0.05, 0) is 71.7 Å². The standard InChI is InChI=1S/C26H25N5O/c1-2-14-27-23(3-1)17-32-24-12-10-21(11-13-24)26(16-18-4-7-22(26)15-18)20-8-5-19(6-9-20)25-28-30-31-29-25/h1-3,5-6,8-14,18,22H,4,7,15-17H2,(H,28,29,30,31). The van der Waals surface area contributed by atoms with Crippen LogP contribution in [-0.4, -0.2) is 25.6 Å². The van der Waals surface area contributed by atoms with Crippen LogP contribution in [0.4, 0.5) is 0 Å². The third kappa shape index (κ3) is 3.27. The van der Waals surface area contributed by atoms with E-state index in [1.807, 2.05) is 18.2 Å². The summed E-state index contributed by atoms with van der Waals surface area (Å²) in [5.41, 5.74) is 4.77. The molecule has 6 nitrogen and oxygen atoms in total. The predicted molar refractivity (Wildman–Crippen MR) is 121 cm³/mol. The van der Waals surface area contributed by atoms with Crippen molar-refractivity contribution in [3.63, 3.8) is 0 Å². The van der Waals surface area contributed by atoms with Crippen molar-refractivity contribution in [2.75, 3.05) is 0 Å². The molecule has 3 unspecified atom stereocenters. The van der Waals surface area contributed by atoms with E-state index in [-0.39, 0.29) is 5.41 Å². The van der Waals surface area contributed by atoms with Crippen molar-refractivity contribution in [3.05, 3.63) is 89.7 Å². The lowest BCUT2D eigenvalue weighted by Crippen LogP contribution is -2.34. The molecule has 0 aliphatic heterocycles. The first-order chi connectivity index (χ1) is 15.8. The van der Waals surface area contributed by atoms with Gasteiger partial charge < -0.3 is 4.74 Å². The molecule has 0 saturated heterocycles. The van der Waals surface area contributed by atoms with Crippen LogP contribution in [-0.2, 0) is 12.0 Å². The molecule has 6 heteroatoms. The van der Waals surface area contributed by atoms with Crippen LogP contribution in [0.15, 0.2) is 72.9 Å². The molecule has 2 aromatic carbocycles. The molecule has 6 rings (SSSR count). The number of aromatic amines is 1. The summed E-state index contributed by atoms with van der Waals surface area (Å²) in [5, 5.41) is 14.4. The van der Waals surface area contributed by atoms with Crippen LogP contribution >= 0.6 is 0 Å². The number of hydrogen-bond donors (Lipinski definition) is 1. The molecular formula is C26H25N5O. The zero-order chi connectivity index (χ0) is 21.4. The van der Waals surface area contributed by atoms with Gasteiger partial charge in [0, 0.05) is 17.2 Å². The van der Waals surface area contributed by atoms with Crippen LogP contribution < -0.4 is 4.74 Å². The zero-order valence-electron chi connectivity index (χ0n) is 17.8. The number of tetrazole rings is 1. The fourth-order valence-electron chi connectivity index (χ4n) is 5.89. The zero-order valence-corrected chi connectivity index (χ0v) is 17.8. The van der Waals surface area contributed by atoms with E-state index < -0.39 is 0 Å². The summed E-state index contributed by atoms with van der Waals surface area (Å²) < 4.78 is 5.98. The summed E-state index contributed by atoms with van der Waals surface area (Å²) in [6.45, 7) is 0.480. The average molecular weight is 424 g/mol. The van der Waals surface area contributed by atoms with Gasteiger partial charge >= 0.3 is 0 Å². The summed E-state index contributed by atoms with van der Waals surface area (Å²) in [6.07, 6.45) is 7.00. The molecule has 2 saturated carbocycles. The number of hydrogen-bond acceptors (Lipinski definition) is 5. The molecule has 4 aromatic rings. The molecule has 0 amide bonds. The molecule has 0 radical (unpaired) electrons. The molecule has 2 aliphatic rings. The Kier molecular flexibility index (Phi) is 4.71. The van der Waals surface area contributed by atoms with Crippen molar-refractivity contribution in [2.45, 2.75) is 37.7 Å². The van der Waals surface area contributed by atoms with E-state index in [2.05, 4.69) is 74.1 Å². The van der Waals surface area contributed by atoms with Crippen LogP contribution in [0.2, 0.25) is 0 Å². The smallest absolute Gasteiger partial charge is 0.204 e. The molecule has 0 spiro atoms. The van der Waals surface area contributed by atoms with Crippen LogP contribution in [0.5, 0.6) is 5.75 Å². The third-order valence-corrected chi connectivity index (χ3v) is 7.33. The summed E-state index contributed by atoms with van der Waals surface area (Å²) in [4.78, 5) is 4.34. The monoisotopic (exact) mass is 423 g/mol. The highest BCUT2D eigenvalue weighted by Gasteiger charge is 2.52. The summed E-state index contributed by atoms with van der Waals surface area (Å²) >= 11 is 0. The van der Waals surface area contributed by atoms with Crippen molar-refractivity contribution < 1.29 is 4.74 Å². The Morgan fingerprint density at radius 2 is 1.75 bits per heavy atom. The number of nitrogens with one attached hydrogen (secondary N) is 1. The normalized spacial score (nSPS) is 24.0. The Hall–Kier alpha value is -3.54. The maximum Gasteiger partial charge on any atom is 0.204 e. The molecular weight excluding hydrogens is 398 g/mol. The predicted octanol–water partition coefficient (Wildman–Crippen LogP) is 4.95. The second kappa shape index (κ2) is 7.86. The van der Waals surface area contributed by atoms with Gasteiger partial charge in [0.25, 0.3) is 0 Å². The lowest BCUT2D eigenvalue weighted by Gasteiger charge is -2.39. The minimum Gasteiger partial charge on any atom is -0.487 e. The molecule has 2 bridgehead atoms. The minimum absolute atomic E-state index is 0.0677. The van der Waals surface area contributed by atoms with Gasteiger partial charge in [0.1, 0.15) is 12.4 Å². The number of pyridine rings is 1. The van der Waals surface area contributed by atoms with E-state index in [1.54, 1.807) is 6.20 Å². The first-order valence-corrected chi connectivity index (χ1v) is 11.3. The van der Waals surface area contributed by atoms with Crippen molar-refractivity contribution >= 4 is 0 Å². The second-order valence-electron chi connectivity index (χ2n) is 9.00. The largest absolute Gasteiger partial charge is 0.487 e. The number of nitrogens with zero attached hydrogens (tertiary/aromatic N) is 4. The van der Waals surface area contributed by atoms with Crippen LogP contribution in [0, 0.1) is 11.8 Å². The number of aromatic nitrogens is 5. The van der Waals surface area contributed by atoms with Gasteiger partial charge in [0.2, 0.25) is 5.82 Å². The Balaban J connectivity index is 1.29. The van der Waals surface area contributed by atoms with Crippen LogP contribution in [0.1, 0.15) is 42.5 Å². The Morgan fingerprint density at radius 3 is 2.38 bits per heavy atom. The van der Waals surface area contributed by atoms with Crippen molar-refractivity contribution in [3.8, 4) is 17.1 Å². The molecule has 3 atom stereocenters. The van der Waals surface area contributed by atoms with Gasteiger partial charge in [-0.3, -0.25) is 4.98 Å². The number of benzene rings is 2. The Bertz CT molecular complexity index is 1180. The summed E-state index contributed by atoms with van der Waals surface area (Å²) in [5.74, 6) is 3.01. The Labute approximate surface area is 187 Å². The van der Waals surface area contributed by atoms with E-state index in [0.717, 1.165) is 22.9 Å². The molecule has 1 N–H and O–H groups in total. The van der Waals surface area contributed by atoms with E-state index in [0.29, 0.717) is 18.3 Å². The van der Waals surface area contributed by atoms with Gasteiger partial charge in [0.15, 0.2) is 0 Å². The topological polar surface area (TPSA) is 76.6 Å².